The van der Waals surface area contributed by atoms with Crippen molar-refractivity contribution in [1.82, 2.24) is 9.80 Å². The SMILES string of the molecule is O=C(CN1CCC[C@H](O)C1)N1CCc2sccc2[C@H]1c1cccs1. The highest BCUT2D eigenvalue weighted by molar-refractivity contribution is 7.10. The molecule has 0 spiro atoms. The van der Waals surface area contributed by atoms with Crippen LogP contribution in [0.4, 0.5) is 0 Å². The van der Waals surface area contributed by atoms with E-state index in [0.717, 1.165) is 32.4 Å². The monoisotopic (exact) mass is 362 g/mol. The van der Waals surface area contributed by atoms with E-state index < -0.39 is 0 Å². The summed E-state index contributed by atoms with van der Waals surface area (Å²) in [5.41, 5.74) is 1.29. The lowest BCUT2D eigenvalue weighted by Gasteiger charge is -2.38. The minimum atomic E-state index is -0.288. The van der Waals surface area contributed by atoms with E-state index >= 15 is 0 Å². The van der Waals surface area contributed by atoms with Crippen LogP contribution in [0.3, 0.4) is 0 Å². The molecule has 2 aromatic heterocycles. The summed E-state index contributed by atoms with van der Waals surface area (Å²) in [6.45, 7) is 2.72. The van der Waals surface area contributed by atoms with Crippen LogP contribution in [0.15, 0.2) is 29.0 Å². The van der Waals surface area contributed by atoms with Gasteiger partial charge in [0.1, 0.15) is 0 Å². The van der Waals surface area contributed by atoms with Gasteiger partial charge in [0, 0.05) is 22.8 Å². The van der Waals surface area contributed by atoms with Crippen molar-refractivity contribution < 1.29 is 9.90 Å². The predicted octanol–water partition coefficient (Wildman–Crippen LogP) is 2.74. The predicted molar refractivity (Wildman–Crippen MR) is 97.6 cm³/mol. The Bertz CT molecular complexity index is 698. The number of hydrogen-bond acceptors (Lipinski definition) is 5. The standard InChI is InChI=1S/C18H22N2O2S2/c21-13-3-1-7-19(11-13)12-17(22)20-8-5-15-14(6-10-24-15)18(20)16-4-2-9-23-16/h2,4,6,9-10,13,18,21H,1,3,5,7-8,11-12H2/t13-,18-/m0/s1. The highest BCUT2D eigenvalue weighted by Gasteiger charge is 2.34. The first-order chi connectivity index (χ1) is 11.7. The molecular weight excluding hydrogens is 340 g/mol. The summed E-state index contributed by atoms with van der Waals surface area (Å²) >= 11 is 3.52. The minimum Gasteiger partial charge on any atom is -0.392 e. The molecule has 2 aliphatic rings. The fraction of sp³-hybridized carbons (Fsp3) is 0.500. The van der Waals surface area contributed by atoms with Crippen molar-refractivity contribution in [2.75, 3.05) is 26.2 Å². The fourth-order valence-electron chi connectivity index (χ4n) is 3.80. The average Bonchev–Trinajstić information content (AvgIpc) is 3.25. The van der Waals surface area contributed by atoms with Crippen LogP contribution in [0.5, 0.6) is 0 Å². The van der Waals surface area contributed by atoms with Gasteiger partial charge in [0.05, 0.1) is 18.7 Å². The molecule has 0 aliphatic carbocycles. The summed E-state index contributed by atoms with van der Waals surface area (Å²) in [7, 11) is 0. The number of β-amino-alcohol motifs (C(OH)–C–C–N with tert-alkyl or cyclic N) is 1. The maximum Gasteiger partial charge on any atom is 0.237 e. The van der Waals surface area contributed by atoms with Gasteiger partial charge in [-0.05, 0) is 54.3 Å². The van der Waals surface area contributed by atoms with Gasteiger partial charge < -0.3 is 10.0 Å². The van der Waals surface area contributed by atoms with E-state index in [1.807, 2.05) is 4.90 Å². The first-order valence-electron chi connectivity index (χ1n) is 8.52. The number of carbonyl (C=O) groups is 1. The van der Waals surface area contributed by atoms with Crippen LogP contribution in [0.2, 0.25) is 0 Å². The molecule has 4 rings (SSSR count). The third-order valence-electron chi connectivity index (χ3n) is 4.94. The average molecular weight is 363 g/mol. The summed E-state index contributed by atoms with van der Waals surface area (Å²) in [6, 6.07) is 6.42. The zero-order chi connectivity index (χ0) is 16.5. The van der Waals surface area contributed by atoms with Gasteiger partial charge in [-0.2, -0.15) is 0 Å². The van der Waals surface area contributed by atoms with Gasteiger partial charge in [-0.25, -0.2) is 0 Å². The molecule has 0 unspecified atom stereocenters. The van der Waals surface area contributed by atoms with Crippen LogP contribution in [0, 0.1) is 0 Å². The van der Waals surface area contributed by atoms with Crippen LogP contribution in [-0.4, -0.2) is 53.1 Å². The molecule has 2 atom stereocenters. The number of fused-ring (bicyclic) bond motifs is 1. The van der Waals surface area contributed by atoms with Crippen LogP contribution in [-0.2, 0) is 11.2 Å². The molecular formula is C18H22N2O2S2. The zero-order valence-electron chi connectivity index (χ0n) is 13.6. The van der Waals surface area contributed by atoms with Crippen molar-refractivity contribution in [3.63, 3.8) is 0 Å². The molecule has 1 N–H and O–H groups in total. The molecule has 0 bridgehead atoms. The molecule has 2 aliphatic heterocycles. The Morgan fingerprint density at radius 1 is 1.25 bits per heavy atom. The van der Waals surface area contributed by atoms with Crippen LogP contribution in [0.25, 0.3) is 0 Å². The number of carbonyl (C=O) groups excluding carboxylic acids is 1. The largest absolute Gasteiger partial charge is 0.392 e. The number of piperidine rings is 1. The van der Waals surface area contributed by atoms with Gasteiger partial charge in [-0.1, -0.05) is 6.07 Å². The lowest BCUT2D eigenvalue weighted by atomic mass is 9.98. The van der Waals surface area contributed by atoms with Gasteiger partial charge in [0.15, 0.2) is 0 Å². The molecule has 1 fully saturated rings. The van der Waals surface area contributed by atoms with E-state index in [-0.39, 0.29) is 18.1 Å². The third kappa shape index (κ3) is 3.16. The Morgan fingerprint density at radius 3 is 2.96 bits per heavy atom. The Balaban J connectivity index is 1.56. The minimum absolute atomic E-state index is 0.0576. The second-order valence-electron chi connectivity index (χ2n) is 6.59. The second-order valence-corrected chi connectivity index (χ2v) is 8.57. The lowest BCUT2D eigenvalue weighted by Crippen LogP contribution is -2.48. The molecule has 0 saturated carbocycles. The van der Waals surface area contributed by atoms with E-state index in [0.29, 0.717) is 13.1 Å². The number of amides is 1. The molecule has 1 amide bonds. The van der Waals surface area contributed by atoms with Crippen molar-refractivity contribution in [3.8, 4) is 0 Å². The van der Waals surface area contributed by atoms with Gasteiger partial charge in [-0.15, -0.1) is 22.7 Å². The molecule has 24 heavy (non-hydrogen) atoms. The molecule has 4 heterocycles. The molecule has 4 nitrogen and oxygen atoms in total. The van der Waals surface area contributed by atoms with E-state index in [1.54, 1.807) is 22.7 Å². The van der Waals surface area contributed by atoms with E-state index in [1.165, 1.54) is 15.3 Å². The van der Waals surface area contributed by atoms with Crippen LogP contribution < -0.4 is 0 Å². The van der Waals surface area contributed by atoms with Crippen molar-refractivity contribution in [3.05, 3.63) is 44.3 Å². The number of thiophene rings is 2. The van der Waals surface area contributed by atoms with Crippen molar-refractivity contribution in [1.29, 1.82) is 0 Å². The normalized spacial score (nSPS) is 24.8. The molecule has 1 saturated heterocycles. The fourth-order valence-corrected chi connectivity index (χ4v) is 5.55. The molecule has 0 radical (unpaired) electrons. The molecule has 2 aromatic rings. The van der Waals surface area contributed by atoms with Gasteiger partial charge >= 0.3 is 0 Å². The maximum atomic E-state index is 13.0. The molecule has 128 valence electrons. The molecule has 0 aromatic carbocycles. The van der Waals surface area contributed by atoms with Crippen molar-refractivity contribution in [2.24, 2.45) is 0 Å². The highest BCUT2D eigenvalue weighted by Crippen LogP contribution is 2.39. The number of hydrogen-bond donors (Lipinski definition) is 1. The number of likely N-dealkylation sites (tertiary alicyclic amines) is 1. The number of aliphatic hydroxyl groups is 1. The topological polar surface area (TPSA) is 43.8 Å². The quantitative estimate of drug-likeness (QED) is 0.913. The summed E-state index contributed by atoms with van der Waals surface area (Å²) < 4.78 is 0. The van der Waals surface area contributed by atoms with Crippen molar-refractivity contribution >= 4 is 28.6 Å². The Labute approximate surface area is 150 Å². The maximum absolute atomic E-state index is 13.0. The molecule has 6 heteroatoms. The van der Waals surface area contributed by atoms with Crippen molar-refractivity contribution in [2.45, 2.75) is 31.4 Å². The number of aliphatic hydroxyl groups excluding tert-OH is 1. The summed E-state index contributed by atoms with van der Waals surface area (Å²) in [5, 5.41) is 14.1. The van der Waals surface area contributed by atoms with E-state index in [2.05, 4.69) is 33.9 Å². The Kier molecular flexibility index (Phi) is 4.72. The van der Waals surface area contributed by atoms with E-state index in [4.69, 9.17) is 0 Å². The van der Waals surface area contributed by atoms with E-state index in [9.17, 15) is 9.90 Å². The number of nitrogens with zero attached hydrogens (tertiary/aromatic N) is 2. The van der Waals surface area contributed by atoms with Gasteiger partial charge in [-0.3, -0.25) is 9.69 Å². The highest BCUT2D eigenvalue weighted by atomic mass is 32.1. The smallest absolute Gasteiger partial charge is 0.237 e. The van der Waals surface area contributed by atoms with Crippen LogP contribution in [0.1, 0.15) is 34.2 Å². The summed E-state index contributed by atoms with van der Waals surface area (Å²) in [4.78, 5) is 19.8. The summed E-state index contributed by atoms with van der Waals surface area (Å²) in [6.07, 6.45) is 2.48. The number of rotatable bonds is 3. The second kappa shape index (κ2) is 6.96. The first kappa shape index (κ1) is 16.3. The van der Waals surface area contributed by atoms with Gasteiger partial charge in [0.2, 0.25) is 5.91 Å². The zero-order valence-corrected chi connectivity index (χ0v) is 15.2. The Morgan fingerprint density at radius 2 is 2.17 bits per heavy atom. The van der Waals surface area contributed by atoms with Crippen LogP contribution >= 0.6 is 22.7 Å². The lowest BCUT2D eigenvalue weighted by molar-refractivity contribution is -0.135. The summed E-state index contributed by atoms with van der Waals surface area (Å²) in [5.74, 6) is 0.180. The Hall–Kier alpha value is -1.21. The van der Waals surface area contributed by atoms with Gasteiger partial charge in [0.25, 0.3) is 0 Å². The third-order valence-corrected chi connectivity index (χ3v) is 6.86. The first-order valence-corrected chi connectivity index (χ1v) is 10.3.